The van der Waals surface area contributed by atoms with Gasteiger partial charge in [-0.15, -0.1) is 0 Å². The molecule has 0 radical (unpaired) electrons. The van der Waals surface area contributed by atoms with Crippen LogP contribution in [0.5, 0.6) is 0 Å². The van der Waals surface area contributed by atoms with Crippen molar-refractivity contribution < 1.29 is 9.53 Å². The summed E-state index contributed by atoms with van der Waals surface area (Å²) in [6, 6.07) is 7.82. The molecule has 1 heterocycles. The van der Waals surface area contributed by atoms with Crippen LogP contribution in [0.2, 0.25) is 0 Å². The Morgan fingerprint density at radius 1 is 1.25 bits per heavy atom. The molecule has 1 amide bonds. The van der Waals surface area contributed by atoms with Crippen LogP contribution in [0.1, 0.15) is 26.2 Å². The average molecular weight is 398 g/mol. The lowest BCUT2D eigenvalue weighted by Crippen LogP contribution is -2.37. The van der Waals surface area contributed by atoms with Crippen molar-refractivity contribution in [1.29, 1.82) is 0 Å². The highest BCUT2D eigenvalue weighted by Gasteiger charge is 2.10. The molecule has 0 bridgehead atoms. The second kappa shape index (κ2) is 10.8. The number of hydrogen-bond donors (Lipinski definition) is 2. The molecule has 6 heteroatoms. The molecule has 1 aliphatic rings. The molecule has 1 fully saturated rings. The van der Waals surface area contributed by atoms with Crippen LogP contribution < -0.4 is 10.6 Å². The number of carbonyl (C=O) groups excluding carboxylic acids is 1. The monoisotopic (exact) mass is 397 g/mol. The van der Waals surface area contributed by atoms with E-state index in [2.05, 4.69) is 38.4 Å². The fraction of sp³-hybridized carbons (Fsp3) is 0.611. The third-order valence-corrected chi connectivity index (χ3v) is 4.65. The molecule has 1 aromatic rings. The van der Waals surface area contributed by atoms with E-state index in [0.29, 0.717) is 6.42 Å². The fourth-order valence-corrected chi connectivity index (χ4v) is 2.99. The zero-order chi connectivity index (χ0) is 17.2. The Bertz CT molecular complexity index is 490. The molecule has 134 valence electrons. The maximum atomic E-state index is 12.0. The average Bonchev–Trinajstić information content (AvgIpc) is 2.57. The van der Waals surface area contributed by atoms with Crippen LogP contribution in [-0.4, -0.2) is 56.2 Å². The predicted octanol–water partition coefficient (Wildman–Crippen LogP) is 2.87. The number of unbranched alkanes of at least 4 members (excludes halogenated alkanes) is 1. The number of nitrogens with zero attached hydrogens (tertiary/aromatic N) is 1. The molecular weight excluding hydrogens is 370 g/mol. The number of nitrogens with one attached hydrogen (secondary N) is 2. The van der Waals surface area contributed by atoms with Gasteiger partial charge in [-0.1, -0.05) is 15.9 Å². The molecule has 1 saturated heterocycles. The van der Waals surface area contributed by atoms with Crippen molar-refractivity contribution in [1.82, 2.24) is 10.2 Å². The molecule has 0 aromatic heterocycles. The van der Waals surface area contributed by atoms with Gasteiger partial charge in [0, 0.05) is 35.7 Å². The minimum absolute atomic E-state index is 0.0469. The summed E-state index contributed by atoms with van der Waals surface area (Å²) in [5.41, 5.74) is 0.834. The standard InChI is InChI=1S/C18H28BrN3O2/c1-15(14-18(23)21-17-6-4-16(19)5-7-17)20-8-2-3-9-22-10-12-24-13-11-22/h4-7,15,20H,2-3,8-14H2,1H3,(H,21,23). The van der Waals surface area contributed by atoms with Gasteiger partial charge in [0.25, 0.3) is 0 Å². The number of amides is 1. The minimum Gasteiger partial charge on any atom is -0.379 e. The van der Waals surface area contributed by atoms with Gasteiger partial charge in [-0.2, -0.15) is 0 Å². The molecule has 0 aliphatic carbocycles. The van der Waals surface area contributed by atoms with Crippen molar-refractivity contribution in [2.24, 2.45) is 0 Å². The van der Waals surface area contributed by atoms with E-state index in [9.17, 15) is 4.79 Å². The van der Waals surface area contributed by atoms with Gasteiger partial charge in [0.1, 0.15) is 0 Å². The Kier molecular flexibility index (Phi) is 8.74. The van der Waals surface area contributed by atoms with Crippen molar-refractivity contribution in [2.75, 3.05) is 44.7 Å². The van der Waals surface area contributed by atoms with Crippen LogP contribution in [-0.2, 0) is 9.53 Å². The largest absolute Gasteiger partial charge is 0.379 e. The van der Waals surface area contributed by atoms with E-state index < -0.39 is 0 Å². The second-order valence-corrected chi connectivity index (χ2v) is 7.19. The molecular formula is C18H28BrN3O2. The lowest BCUT2D eigenvalue weighted by atomic mass is 10.2. The number of rotatable bonds is 9. The third kappa shape index (κ3) is 7.75. The molecule has 2 rings (SSSR count). The minimum atomic E-state index is 0.0469. The Hall–Kier alpha value is -0.950. The summed E-state index contributed by atoms with van der Waals surface area (Å²) in [5.74, 6) is 0.0469. The molecule has 5 nitrogen and oxygen atoms in total. The third-order valence-electron chi connectivity index (χ3n) is 4.12. The number of hydrogen-bond acceptors (Lipinski definition) is 4. The molecule has 1 aliphatic heterocycles. The Labute approximate surface area is 153 Å². The Morgan fingerprint density at radius 2 is 1.96 bits per heavy atom. The first-order chi connectivity index (χ1) is 11.6. The molecule has 1 unspecified atom stereocenters. The molecule has 0 spiro atoms. The van der Waals surface area contributed by atoms with Gasteiger partial charge in [-0.05, 0) is 57.1 Å². The van der Waals surface area contributed by atoms with E-state index in [1.54, 1.807) is 0 Å². The first kappa shape index (κ1) is 19.4. The summed E-state index contributed by atoms with van der Waals surface area (Å²) in [4.78, 5) is 14.5. The second-order valence-electron chi connectivity index (χ2n) is 6.28. The lowest BCUT2D eigenvalue weighted by Gasteiger charge is -2.26. The number of ether oxygens (including phenoxy) is 1. The van der Waals surface area contributed by atoms with E-state index >= 15 is 0 Å². The van der Waals surface area contributed by atoms with Gasteiger partial charge >= 0.3 is 0 Å². The number of carbonyl (C=O) groups is 1. The van der Waals surface area contributed by atoms with E-state index in [1.165, 1.54) is 6.42 Å². The fourth-order valence-electron chi connectivity index (χ4n) is 2.73. The van der Waals surface area contributed by atoms with Crippen LogP contribution in [0.15, 0.2) is 28.7 Å². The summed E-state index contributed by atoms with van der Waals surface area (Å²) in [6.45, 7) is 8.00. The van der Waals surface area contributed by atoms with Crippen molar-refractivity contribution >= 4 is 27.5 Å². The number of anilines is 1. The van der Waals surface area contributed by atoms with Crippen LogP contribution in [0, 0.1) is 0 Å². The van der Waals surface area contributed by atoms with Crippen LogP contribution >= 0.6 is 15.9 Å². The smallest absolute Gasteiger partial charge is 0.225 e. The van der Waals surface area contributed by atoms with Crippen LogP contribution in [0.3, 0.4) is 0 Å². The Balaban J connectivity index is 1.53. The van der Waals surface area contributed by atoms with Crippen LogP contribution in [0.25, 0.3) is 0 Å². The molecule has 24 heavy (non-hydrogen) atoms. The summed E-state index contributed by atoms with van der Waals surface area (Å²) in [7, 11) is 0. The number of benzene rings is 1. The molecule has 0 saturated carbocycles. The highest BCUT2D eigenvalue weighted by atomic mass is 79.9. The van der Waals surface area contributed by atoms with Gasteiger partial charge in [-0.25, -0.2) is 0 Å². The van der Waals surface area contributed by atoms with Crippen molar-refractivity contribution in [2.45, 2.75) is 32.2 Å². The van der Waals surface area contributed by atoms with Gasteiger partial charge in [-0.3, -0.25) is 9.69 Å². The topological polar surface area (TPSA) is 53.6 Å². The SMILES string of the molecule is CC(CC(=O)Nc1ccc(Br)cc1)NCCCCN1CCOCC1. The van der Waals surface area contributed by atoms with Gasteiger partial charge < -0.3 is 15.4 Å². The van der Waals surface area contributed by atoms with E-state index in [0.717, 1.165) is 56.0 Å². The summed E-state index contributed by atoms with van der Waals surface area (Å²) >= 11 is 3.39. The zero-order valence-electron chi connectivity index (χ0n) is 14.4. The molecule has 2 N–H and O–H groups in total. The highest BCUT2D eigenvalue weighted by Crippen LogP contribution is 2.14. The normalized spacial score (nSPS) is 16.8. The summed E-state index contributed by atoms with van der Waals surface area (Å²) < 4.78 is 6.36. The number of halogens is 1. The molecule has 1 aromatic carbocycles. The van der Waals surface area contributed by atoms with Gasteiger partial charge in [0.2, 0.25) is 5.91 Å². The van der Waals surface area contributed by atoms with E-state index in [1.807, 2.05) is 24.3 Å². The summed E-state index contributed by atoms with van der Waals surface area (Å²) in [6.07, 6.45) is 2.81. The van der Waals surface area contributed by atoms with Crippen molar-refractivity contribution in [3.05, 3.63) is 28.7 Å². The van der Waals surface area contributed by atoms with Crippen molar-refractivity contribution in [3.8, 4) is 0 Å². The first-order valence-corrected chi connectivity index (χ1v) is 9.51. The zero-order valence-corrected chi connectivity index (χ0v) is 16.0. The van der Waals surface area contributed by atoms with E-state index in [-0.39, 0.29) is 11.9 Å². The van der Waals surface area contributed by atoms with Crippen LogP contribution in [0.4, 0.5) is 5.69 Å². The highest BCUT2D eigenvalue weighted by molar-refractivity contribution is 9.10. The van der Waals surface area contributed by atoms with Gasteiger partial charge in [0.05, 0.1) is 13.2 Å². The summed E-state index contributed by atoms with van der Waals surface area (Å²) in [5, 5.41) is 6.36. The van der Waals surface area contributed by atoms with E-state index in [4.69, 9.17) is 4.74 Å². The maximum absolute atomic E-state index is 12.0. The molecule has 1 atom stereocenters. The Morgan fingerprint density at radius 3 is 2.67 bits per heavy atom. The predicted molar refractivity (Wildman–Crippen MR) is 101 cm³/mol. The number of morpholine rings is 1. The lowest BCUT2D eigenvalue weighted by molar-refractivity contribution is -0.116. The quantitative estimate of drug-likeness (QED) is 0.629. The first-order valence-electron chi connectivity index (χ1n) is 8.72. The van der Waals surface area contributed by atoms with Gasteiger partial charge in [0.15, 0.2) is 0 Å². The van der Waals surface area contributed by atoms with Crippen molar-refractivity contribution in [3.63, 3.8) is 0 Å². The maximum Gasteiger partial charge on any atom is 0.225 e.